The zero-order chi connectivity index (χ0) is 29.4. The molecule has 0 aliphatic carbocycles. The molecule has 0 radical (unpaired) electrons. The monoisotopic (exact) mass is 568 g/mol. The number of allylic oxidation sites excluding steroid dienone is 1. The number of fused-ring (bicyclic) bond motifs is 1. The van der Waals surface area contributed by atoms with Crippen molar-refractivity contribution in [3.8, 4) is 5.75 Å². The fourth-order valence-electron chi connectivity index (χ4n) is 6.71. The molecule has 9 nitrogen and oxygen atoms in total. The number of carbonyl (C=O) groups excluding carboxylic acids is 3. The highest BCUT2D eigenvalue weighted by molar-refractivity contribution is 6.04. The van der Waals surface area contributed by atoms with Gasteiger partial charge < -0.3 is 29.1 Å². The van der Waals surface area contributed by atoms with Crippen LogP contribution in [-0.4, -0.2) is 79.0 Å². The van der Waals surface area contributed by atoms with E-state index < -0.39 is 35.6 Å². The summed E-state index contributed by atoms with van der Waals surface area (Å²) in [5, 5.41) is 9.16. The summed E-state index contributed by atoms with van der Waals surface area (Å²) in [6.07, 6.45) is 9.65. The van der Waals surface area contributed by atoms with Crippen LogP contribution in [0.3, 0.4) is 0 Å². The van der Waals surface area contributed by atoms with Crippen LogP contribution in [0.15, 0.2) is 49.6 Å². The Hall–Kier alpha value is -3.17. The Kier molecular flexibility index (Phi) is 10.6. The third-order valence-corrected chi connectivity index (χ3v) is 8.62. The predicted octanol–water partition coefficient (Wildman–Crippen LogP) is 4.04. The van der Waals surface area contributed by atoms with Crippen molar-refractivity contribution in [3.05, 3.63) is 49.6 Å². The molecule has 41 heavy (non-hydrogen) atoms. The van der Waals surface area contributed by atoms with E-state index in [0.29, 0.717) is 43.7 Å². The Morgan fingerprint density at radius 1 is 1.12 bits per heavy atom. The molecule has 3 fully saturated rings. The molecule has 2 bridgehead atoms. The standard InChI is InChI=1S/C32H44N2O7/c1-4-6-7-12-22-40-31(38)26-25-17-18-32(41-25)27(26)29(36)34(20-10-8-9-11-21-35)28(32)30(37)33(19-5-2)23-13-15-24(39-3)16-14-23/h4-5,13-16,25-28,35H,1-2,6-12,17-22H2,3H3/t25-,26+,27+,28?,32?/m1/s1. The molecule has 2 unspecified atom stereocenters. The topological polar surface area (TPSA) is 106 Å². The van der Waals surface area contributed by atoms with Crippen molar-refractivity contribution in [2.45, 2.75) is 75.5 Å². The Morgan fingerprint density at radius 2 is 1.88 bits per heavy atom. The van der Waals surface area contributed by atoms with E-state index >= 15 is 0 Å². The number of ether oxygens (including phenoxy) is 3. The highest BCUT2D eigenvalue weighted by atomic mass is 16.6. The summed E-state index contributed by atoms with van der Waals surface area (Å²) in [5.74, 6) is -1.69. The number of benzene rings is 1. The van der Waals surface area contributed by atoms with Gasteiger partial charge in [-0.1, -0.05) is 25.0 Å². The Balaban J connectivity index is 1.62. The molecule has 9 heteroatoms. The molecule has 3 saturated heterocycles. The molecule has 1 aromatic rings. The van der Waals surface area contributed by atoms with Crippen LogP contribution in [0.1, 0.15) is 57.8 Å². The minimum absolute atomic E-state index is 0.125. The van der Waals surface area contributed by atoms with Crippen molar-refractivity contribution in [2.75, 3.05) is 38.3 Å². The lowest BCUT2D eigenvalue weighted by atomic mass is 9.70. The number of amides is 2. The van der Waals surface area contributed by atoms with E-state index in [9.17, 15) is 14.4 Å². The maximum atomic E-state index is 14.5. The minimum atomic E-state index is -1.08. The first-order chi connectivity index (χ1) is 19.9. The van der Waals surface area contributed by atoms with Crippen molar-refractivity contribution in [3.63, 3.8) is 0 Å². The molecule has 224 valence electrons. The second-order valence-electron chi connectivity index (χ2n) is 11.1. The lowest BCUT2D eigenvalue weighted by Crippen LogP contribution is -2.56. The second-order valence-corrected chi connectivity index (χ2v) is 11.1. The van der Waals surface area contributed by atoms with Gasteiger partial charge in [-0.25, -0.2) is 0 Å². The molecular weight excluding hydrogens is 524 g/mol. The van der Waals surface area contributed by atoms with E-state index in [2.05, 4.69) is 13.2 Å². The zero-order valence-corrected chi connectivity index (χ0v) is 24.2. The zero-order valence-electron chi connectivity index (χ0n) is 24.2. The molecule has 5 atom stereocenters. The van der Waals surface area contributed by atoms with Crippen LogP contribution in [0.2, 0.25) is 0 Å². The highest BCUT2D eigenvalue weighted by Crippen LogP contribution is 2.59. The fraction of sp³-hybridized carbons (Fsp3) is 0.594. The summed E-state index contributed by atoms with van der Waals surface area (Å²) in [7, 11) is 1.58. The largest absolute Gasteiger partial charge is 0.497 e. The van der Waals surface area contributed by atoms with E-state index in [0.717, 1.165) is 32.1 Å². The minimum Gasteiger partial charge on any atom is -0.497 e. The summed E-state index contributed by atoms with van der Waals surface area (Å²) >= 11 is 0. The third-order valence-electron chi connectivity index (χ3n) is 8.62. The first-order valence-corrected chi connectivity index (χ1v) is 14.9. The maximum absolute atomic E-state index is 14.5. The number of aliphatic hydroxyl groups is 1. The van der Waals surface area contributed by atoms with Gasteiger partial charge in [-0.05, 0) is 69.2 Å². The normalized spacial score (nSPS) is 26.1. The van der Waals surface area contributed by atoms with Crippen LogP contribution in [0.25, 0.3) is 0 Å². The third kappa shape index (κ3) is 6.21. The summed E-state index contributed by atoms with van der Waals surface area (Å²) in [6, 6.07) is 6.33. The van der Waals surface area contributed by atoms with Crippen molar-refractivity contribution in [2.24, 2.45) is 11.8 Å². The summed E-state index contributed by atoms with van der Waals surface area (Å²) in [6.45, 7) is 8.61. The van der Waals surface area contributed by atoms with Gasteiger partial charge in [0.2, 0.25) is 5.91 Å². The van der Waals surface area contributed by atoms with Crippen LogP contribution in [0.4, 0.5) is 5.69 Å². The van der Waals surface area contributed by atoms with Gasteiger partial charge in [-0.3, -0.25) is 14.4 Å². The van der Waals surface area contributed by atoms with Crippen molar-refractivity contribution < 1.29 is 33.7 Å². The highest BCUT2D eigenvalue weighted by Gasteiger charge is 2.75. The molecule has 1 aromatic carbocycles. The average Bonchev–Trinajstić information content (AvgIpc) is 3.63. The molecule has 3 heterocycles. The predicted molar refractivity (Wildman–Crippen MR) is 155 cm³/mol. The molecule has 0 saturated carbocycles. The number of nitrogens with zero attached hydrogens (tertiary/aromatic N) is 2. The van der Waals surface area contributed by atoms with Gasteiger partial charge in [0.05, 0.1) is 31.7 Å². The number of carbonyl (C=O) groups is 3. The Bertz CT molecular complexity index is 1090. The first-order valence-electron chi connectivity index (χ1n) is 14.9. The number of aliphatic hydroxyl groups excluding tert-OH is 1. The number of hydrogen-bond acceptors (Lipinski definition) is 7. The van der Waals surface area contributed by atoms with Crippen LogP contribution < -0.4 is 9.64 Å². The van der Waals surface area contributed by atoms with Crippen LogP contribution >= 0.6 is 0 Å². The van der Waals surface area contributed by atoms with Gasteiger partial charge in [-0.15, -0.1) is 13.2 Å². The molecule has 4 rings (SSSR count). The van der Waals surface area contributed by atoms with Crippen LogP contribution in [-0.2, 0) is 23.9 Å². The van der Waals surface area contributed by atoms with E-state index in [1.54, 1.807) is 35.1 Å². The number of esters is 1. The maximum Gasteiger partial charge on any atom is 0.312 e. The number of methoxy groups -OCH3 is 1. The number of anilines is 1. The summed E-state index contributed by atoms with van der Waals surface area (Å²) in [4.78, 5) is 45.2. The molecule has 1 N–H and O–H groups in total. The fourth-order valence-corrected chi connectivity index (χ4v) is 6.71. The van der Waals surface area contributed by atoms with Crippen molar-refractivity contribution in [1.29, 1.82) is 0 Å². The first kappa shape index (κ1) is 30.8. The average molecular weight is 569 g/mol. The van der Waals surface area contributed by atoms with Crippen molar-refractivity contribution >= 4 is 23.5 Å². The number of likely N-dealkylation sites (tertiary alicyclic amines) is 1. The van der Waals surface area contributed by atoms with E-state index in [-0.39, 0.29) is 31.6 Å². The van der Waals surface area contributed by atoms with E-state index in [1.165, 1.54) is 0 Å². The van der Waals surface area contributed by atoms with E-state index in [4.69, 9.17) is 19.3 Å². The molecule has 3 aliphatic rings. The van der Waals surface area contributed by atoms with Gasteiger partial charge in [-0.2, -0.15) is 0 Å². The Labute approximate surface area is 243 Å². The van der Waals surface area contributed by atoms with Gasteiger partial charge >= 0.3 is 5.97 Å². The second kappa shape index (κ2) is 14.1. The molecule has 1 spiro atoms. The number of rotatable bonds is 17. The summed E-state index contributed by atoms with van der Waals surface area (Å²) in [5.41, 5.74) is -0.420. The number of unbranched alkanes of at least 4 members (excludes halogenated alkanes) is 5. The quantitative estimate of drug-likeness (QED) is 0.172. The van der Waals surface area contributed by atoms with Gasteiger partial charge in [0.15, 0.2) is 0 Å². The molecule has 0 aromatic heterocycles. The Morgan fingerprint density at radius 3 is 2.56 bits per heavy atom. The SMILES string of the molecule is C=CCCCCOC(=O)[C@@H]1[C@H]2C(=O)N(CCCCCCO)C(C(=O)N(CC=C)c3ccc(OC)cc3)C23CC[C@H]1O3. The van der Waals surface area contributed by atoms with E-state index in [1.807, 2.05) is 18.2 Å². The van der Waals surface area contributed by atoms with Gasteiger partial charge in [0.1, 0.15) is 17.4 Å². The van der Waals surface area contributed by atoms with Crippen LogP contribution in [0.5, 0.6) is 5.75 Å². The van der Waals surface area contributed by atoms with Gasteiger partial charge in [0, 0.05) is 25.4 Å². The smallest absolute Gasteiger partial charge is 0.312 e. The molecule has 2 amide bonds. The van der Waals surface area contributed by atoms with Crippen molar-refractivity contribution in [1.82, 2.24) is 4.90 Å². The van der Waals surface area contributed by atoms with Crippen LogP contribution in [0, 0.1) is 11.8 Å². The molecule has 3 aliphatic heterocycles. The lowest BCUT2D eigenvalue weighted by Gasteiger charge is -2.36. The molecular formula is C32H44N2O7. The van der Waals surface area contributed by atoms with Gasteiger partial charge in [0.25, 0.3) is 5.91 Å². The lowest BCUT2D eigenvalue weighted by molar-refractivity contribution is -0.155. The summed E-state index contributed by atoms with van der Waals surface area (Å²) < 4.78 is 17.5. The number of hydrogen-bond donors (Lipinski definition) is 1.